The Morgan fingerprint density at radius 1 is 1.06 bits per heavy atom. The molecule has 0 aliphatic heterocycles. The quantitative estimate of drug-likeness (QED) is 0.199. The van der Waals surface area contributed by atoms with E-state index in [-0.39, 0.29) is 6.61 Å². The third-order valence-corrected chi connectivity index (χ3v) is 6.51. The maximum absolute atomic E-state index is 11.6. The molecule has 0 atom stereocenters. The monoisotopic (exact) mass is 440 g/mol. The molecule has 1 aromatic carbocycles. The number of hydrogen-bond donors (Lipinski definition) is 1. The molecule has 4 nitrogen and oxygen atoms in total. The maximum atomic E-state index is 11.6. The van der Waals surface area contributed by atoms with Crippen molar-refractivity contribution in [1.29, 1.82) is 0 Å². The van der Waals surface area contributed by atoms with Crippen molar-refractivity contribution in [3.05, 3.63) is 53.1 Å². The fourth-order valence-corrected chi connectivity index (χ4v) is 4.48. The Morgan fingerprint density at radius 2 is 1.75 bits per heavy atom. The third-order valence-electron chi connectivity index (χ3n) is 6.51. The molecule has 1 aromatic rings. The van der Waals surface area contributed by atoms with Crippen LogP contribution in [-0.4, -0.2) is 23.7 Å². The summed E-state index contributed by atoms with van der Waals surface area (Å²) in [6.45, 7) is 7.70. The van der Waals surface area contributed by atoms with E-state index in [0.29, 0.717) is 36.3 Å². The molecule has 0 radical (unpaired) electrons. The summed E-state index contributed by atoms with van der Waals surface area (Å²) in [7, 11) is 0. The first-order chi connectivity index (χ1) is 15.4. The van der Waals surface area contributed by atoms with Gasteiger partial charge in [0.15, 0.2) is 0 Å². The second-order valence-corrected chi connectivity index (χ2v) is 9.23. The summed E-state index contributed by atoms with van der Waals surface area (Å²) >= 11 is 0. The van der Waals surface area contributed by atoms with Crippen LogP contribution in [0, 0.1) is 5.92 Å². The SMILES string of the molecule is C=C(C)C(=O)OCCCCC(=Cc1ccc(C2CCC(CCCCC)CC2)cc1)C(=O)O. The van der Waals surface area contributed by atoms with Gasteiger partial charge in [0.05, 0.1) is 6.61 Å². The van der Waals surface area contributed by atoms with Gasteiger partial charge in [0, 0.05) is 11.1 Å². The lowest BCUT2D eigenvalue weighted by Crippen LogP contribution is -2.13. The minimum Gasteiger partial charge on any atom is -0.478 e. The Hall–Kier alpha value is -2.36. The summed E-state index contributed by atoms with van der Waals surface area (Å²) in [5.41, 5.74) is 3.06. The molecular formula is C28H40O4. The van der Waals surface area contributed by atoms with Gasteiger partial charge in [0.2, 0.25) is 0 Å². The van der Waals surface area contributed by atoms with Gasteiger partial charge in [-0.2, -0.15) is 0 Å². The van der Waals surface area contributed by atoms with E-state index in [2.05, 4.69) is 25.6 Å². The lowest BCUT2D eigenvalue weighted by molar-refractivity contribution is -0.139. The minimum atomic E-state index is -0.894. The second kappa shape index (κ2) is 13.9. The highest BCUT2D eigenvalue weighted by Gasteiger charge is 2.22. The van der Waals surface area contributed by atoms with Crippen molar-refractivity contribution in [2.45, 2.75) is 90.4 Å². The number of ether oxygens (including phenoxy) is 1. The molecule has 0 saturated heterocycles. The van der Waals surface area contributed by atoms with Crippen LogP contribution in [-0.2, 0) is 14.3 Å². The Bertz CT molecular complexity index is 767. The smallest absolute Gasteiger partial charge is 0.333 e. The predicted molar refractivity (Wildman–Crippen MR) is 131 cm³/mol. The van der Waals surface area contributed by atoms with E-state index in [9.17, 15) is 14.7 Å². The fourth-order valence-electron chi connectivity index (χ4n) is 4.48. The molecule has 0 heterocycles. The second-order valence-electron chi connectivity index (χ2n) is 9.23. The van der Waals surface area contributed by atoms with Gasteiger partial charge >= 0.3 is 11.9 Å². The summed E-state index contributed by atoms with van der Waals surface area (Å²) in [4.78, 5) is 23.0. The number of benzene rings is 1. The molecule has 0 bridgehead atoms. The zero-order valence-electron chi connectivity index (χ0n) is 19.9. The summed E-state index contributed by atoms with van der Waals surface area (Å²) in [5, 5.41) is 9.55. The van der Waals surface area contributed by atoms with E-state index in [4.69, 9.17) is 4.74 Å². The number of unbranched alkanes of at least 4 members (excludes halogenated alkanes) is 3. The van der Waals surface area contributed by atoms with Crippen LogP contribution in [0.1, 0.15) is 102 Å². The van der Waals surface area contributed by atoms with Gasteiger partial charge in [0.1, 0.15) is 0 Å². The molecule has 1 saturated carbocycles. The first-order valence-corrected chi connectivity index (χ1v) is 12.3. The minimum absolute atomic E-state index is 0.286. The number of esters is 1. The first kappa shape index (κ1) is 25.9. The Kier molecular flexibility index (Phi) is 11.3. The van der Waals surface area contributed by atoms with Crippen LogP contribution in [0.3, 0.4) is 0 Å². The van der Waals surface area contributed by atoms with Crippen molar-refractivity contribution in [2.24, 2.45) is 5.92 Å². The van der Waals surface area contributed by atoms with Crippen molar-refractivity contribution >= 4 is 18.0 Å². The largest absolute Gasteiger partial charge is 0.478 e. The molecule has 4 heteroatoms. The third kappa shape index (κ3) is 9.02. The molecule has 32 heavy (non-hydrogen) atoms. The Balaban J connectivity index is 1.82. The highest BCUT2D eigenvalue weighted by Crippen LogP contribution is 2.37. The van der Waals surface area contributed by atoms with Crippen molar-refractivity contribution in [3.63, 3.8) is 0 Å². The molecule has 1 aliphatic carbocycles. The topological polar surface area (TPSA) is 63.6 Å². The van der Waals surface area contributed by atoms with Crippen LogP contribution in [0.15, 0.2) is 42.0 Å². The van der Waals surface area contributed by atoms with Crippen molar-refractivity contribution < 1.29 is 19.4 Å². The summed E-state index contributed by atoms with van der Waals surface area (Å²) < 4.78 is 5.06. The van der Waals surface area contributed by atoms with Gasteiger partial charge < -0.3 is 9.84 Å². The molecular weight excluding hydrogens is 400 g/mol. The van der Waals surface area contributed by atoms with Gasteiger partial charge in [-0.3, -0.25) is 0 Å². The standard InChI is InChI=1S/C28H40O4/c1-4-5-6-9-22-11-15-24(16-12-22)25-17-13-23(14-18-25)20-26(27(29)30)10-7-8-19-32-28(31)21(2)3/h13-14,17-18,20,22,24H,2,4-12,15-16,19H2,1,3H3,(H,29,30). The molecule has 0 amide bonds. The molecule has 1 fully saturated rings. The highest BCUT2D eigenvalue weighted by molar-refractivity contribution is 5.92. The zero-order valence-corrected chi connectivity index (χ0v) is 19.9. The maximum Gasteiger partial charge on any atom is 0.333 e. The number of hydrogen-bond acceptors (Lipinski definition) is 3. The first-order valence-electron chi connectivity index (χ1n) is 12.3. The van der Waals surface area contributed by atoms with Gasteiger partial charge in [-0.1, -0.05) is 63.5 Å². The van der Waals surface area contributed by atoms with E-state index >= 15 is 0 Å². The van der Waals surface area contributed by atoms with E-state index in [1.807, 2.05) is 12.1 Å². The summed E-state index contributed by atoms with van der Waals surface area (Å²) in [6.07, 6.45) is 14.1. The average molecular weight is 441 g/mol. The fraction of sp³-hybridized carbons (Fsp3) is 0.571. The average Bonchev–Trinajstić information content (AvgIpc) is 2.79. The van der Waals surface area contributed by atoms with E-state index < -0.39 is 11.9 Å². The normalized spacial score (nSPS) is 18.9. The number of carbonyl (C=O) groups is 2. The van der Waals surface area contributed by atoms with E-state index in [1.54, 1.807) is 13.0 Å². The Labute approximate surface area is 193 Å². The number of rotatable bonds is 13. The van der Waals surface area contributed by atoms with Crippen LogP contribution >= 0.6 is 0 Å². The predicted octanol–water partition coefficient (Wildman–Crippen LogP) is 7.30. The lowest BCUT2D eigenvalue weighted by Gasteiger charge is -2.29. The zero-order chi connectivity index (χ0) is 23.3. The van der Waals surface area contributed by atoms with E-state index in [0.717, 1.165) is 11.5 Å². The summed E-state index contributed by atoms with van der Waals surface area (Å²) in [6, 6.07) is 8.43. The molecule has 176 valence electrons. The summed E-state index contributed by atoms with van der Waals surface area (Å²) in [5.74, 6) is 0.247. The number of carboxylic acid groups (broad SMARTS) is 1. The lowest BCUT2D eigenvalue weighted by atomic mass is 9.77. The van der Waals surface area contributed by atoms with Crippen molar-refractivity contribution in [3.8, 4) is 0 Å². The highest BCUT2D eigenvalue weighted by atomic mass is 16.5. The molecule has 0 unspecified atom stereocenters. The Morgan fingerprint density at radius 3 is 2.34 bits per heavy atom. The van der Waals surface area contributed by atoms with E-state index in [1.165, 1.54) is 56.9 Å². The van der Waals surface area contributed by atoms with Crippen molar-refractivity contribution in [2.75, 3.05) is 6.61 Å². The number of aliphatic carboxylic acids is 1. The van der Waals surface area contributed by atoms with Crippen molar-refractivity contribution in [1.82, 2.24) is 0 Å². The van der Waals surface area contributed by atoms with Gasteiger partial charge in [-0.25, -0.2) is 9.59 Å². The molecule has 0 spiro atoms. The molecule has 0 aromatic heterocycles. The van der Waals surface area contributed by atoms with Gasteiger partial charge in [0.25, 0.3) is 0 Å². The molecule has 1 N–H and O–H groups in total. The number of carboxylic acids is 1. The van der Waals surface area contributed by atoms with Gasteiger partial charge in [-0.05, 0) is 80.9 Å². The number of carbonyl (C=O) groups excluding carboxylic acids is 1. The van der Waals surface area contributed by atoms with Gasteiger partial charge in [-0.15, -0.1) is 0 Å². The molecule has 1 aliphatic rings. The van der Waals surface area contributed by atoms with Crippen LogP contribution < -0.4 is 0 Å². The van der Waals surface area contributed by atoms with Crippen LogP contribution in [0.2, 0.25) is 0 Å². The van der Waals surface area contributed by atoms with Crippen LogP contribution in [0.25, 0.3) is 6.08 Å². The van der Waals surface area contributed by atoms with Crippen LogP contribution in [0.4, 0.5) is 0 Å². The van der Waals surface area contributed by atoms with Crippen LogP contribution in [0.5, 0.6) is 0 Å². The molecule has 2 rings (SSSR count).